The lowest BCUT2D eigenvalue weighted by molar-refractivity contribution is 0.208. The van der Waals surface area contributed by atoms with Crippen LogP contribution >= 0.6 is 0 Å². The maximum Gasteiger partial charge on any atom is 0.407 e. The van der Waals surface area contributed by atoms with Crippen molar-refractivity contribution >= 4 is 30.3 Å². The third-order valence-corrected chi connectivity index (χ3v) is 9.02. The molecule has 0 N–H and O–H groups in total. The first kappa shape index (κ1) is 23.5. The zero-order chi connectivity index (χ0) is 21.3. The Labute approximate surface area is 178 Å². The molecule has 0 aliphatic rings. The second kappa shape index (κ2) is 11.4. The van der Waals surface area contributed by atoms with Crippen molar-refractivity contribution in [3.63, 3.8) is 0 Å². The van der Waals surface area contributed by atoms with Crippen molar-refractivity contribution in [3.05, 3.63) is 48.5 Å². The molecule has 4 nitrogen and oxygen atoms in total. The van der Waals surface area contributed by atoms with Gasteiger partial charge in [-0.1, -0.05) is 24.3 Å². The van der Waals surface area contributed by atoms with Gasteiger partial charge in [0.2, 0.25) is 0 Å². The van der Waals surface area contributed by atoms with Crippen LogP contribution in [0.15, 0.2) is 48.5 Å². The molecule has 0 amide bonds. The van der Waals surface area contributed by atoms with Crippen molar-refractivity contribution in [1.82, 2.24) is 0 Å². The number of rotatable bonds is 12. The lowest BCUT2D eigenvalue weighted by Gasteiger charge is -2.32. The SMILES string of the molecule is CCO[Si](OCC)(c1ccc(N(CC)CC)cc1)c1ccc(N(CC)CC)cc1. The molecule has 0 unspecified atom stereocenters. The molecular weight excluding hydrogens is 376 g/mol. The van der Waals surface area contributed by atoms with Gasteiger partial charge in [-0.2, -0.15) is 0 Å². The summed E-state index contributed by atoms with van der Waals surface area (Å²) in [5.41, 5.74) is 2.48. The van der Waals surface area contributed by atoms with Gasteiger partial charge in [0.1, 0.15) is 0 Å². The van der Waals surface area contributed by atoms with Crippen molar-refractivity contribution in [2.24, 2.45) is 0 Å². The lowest BCUT2D eigenvalue weighted by Crippen LogP contribution is -2.63. The Kier molecular flexibility index (Phi) is 9.21. The summed E-state index contributed by atoms with van der Waals surface area (Å²) < 4.78 is 12.9. The minimum Gasteiger partial charge on any atom is -0.388 e. The van der Waals surface area contributed by atoms with Gasteiger partial charge in [0, 0.05) is 50.8 Å². The van der Waals surface area contributed by atoms with Crippen molar-refractivity contribution in [2.75, 3.05) is 49.2 Å². The van der Waals surface area contributed by atoms with Crippen LogP contribution in [0.25, 0.3) is 0 Å². The molecule has 0 bridgehead atoms. The van der Waals surface area contributed by atoms with Crippen LogP contribution in [0.5, 0.6) is 0 Å². The minimum absolute atomic E-state index is 0.627. The molecule has 0 saturated carbocycles. The first-order valence-corrected chi connectivity index (χ1v) is 12.9. The van der Waals surface area contributed by atoms with Gasteiger partial charge >= 0.3 is 8.56 Å². The second-order valence-electron chi connectivity index (χ2n) is 6.92. The normalized spacial score (nSPS) is 11.5. The maximum absolute atomic E-state index is 6.44. The average molecular weight is 415 g/mol. The van der Waals surface area contributed by atoms with Gasteiger partial charge in [0.25, 0.3) is 0 Å². The number of anilines is 2. The number of hydrogen-bond acceptors (Lipinski definition) is 4. The number of hydrogen-bond donors (Lipinski definition) is 0. The summed E-state index contributed by atoms with van der Waals surface area (Å²) in [7, 11) is -2.74. The molecule has 5 heteroatoms. The Bertz CT molecular complexity index is 647. The molecular formula is C24H38N2O2Si. The van der Waals surface area contributed by atoms with Crippen molar-refractivity contribution in [3.8, 4) is 0 Å². The van der Waals surface area contributed by atoms with Crippen LogP contribution < -0.4 is 20.2 Å². The van der Waals surface area contributed by atoms with E-state index in [4.69, 9.17) is 8.85 Å². The predicted octanol–water partition coefficient (Wildman–Crippen LogP) is 4.01. The highest BCUT2D eigenvalue weighted by Crippen LogP contribution is 2.18. The predicted molar refractivity (Wildman–Crippen MR) is 128 cm³/mol. The highest BCUT2D eigenvalue weighted by molar-refractivity contribution is 6.92. The zero-order valence-corrected chi connectivity index (χ0v) is 20.1. The van der Waals surface area contributed by atoms with Crippen LogP contribution in [0, 0.1) is 0 Å². The van der Waals surface area contributed by atoms with E-state index in [-0.39, 0.29) is 0 Å². The highest BCUT2D eigenvalue weighted by atomic mass is 28.4. The minimum atomic E-state index is -2.74. The van der Waals surface area contributed by atoms with E-state index < -0.39 is 8.56 Å². The van der Waals surface area contributed by atoms with Gasteiger partial charge in [-0.05, 0) is 76.2 Å². The summed E-state index contributed by atoms with van der Waals surface area (Å²) in [6, 6.07) is 17.6. The number of benzene rings is 2. The summed E-state index contributed by atoms with van der Waals surface area (Å²) in [4.78, 5) is 4.71. The van der Waals surface area contributed by atoms with Crippen molar-refractivity contribution in [2.45, 2.75) is 41.5 Å². The number of nitrogens with zero attached hydrogens (tertiary/aromatic N) is 2. The summed E-state index contributed by atoms with van der Waals surface area (Å²) >= 11 is 0. The van der Waals surface area contributed by atoms with E-state index in [1.807, 2.05) is 0 Å². The maximum atomic E-state index is 6.44. The van der Waals surface area contributed by atoms with E-state index in [0.717, 1.165) is 36.6 Å². The Balaban J connectivity index is 2.48. The zero-order valence-electron chi connectivity index (χ0n) is 19.1. The summed E-state index contributed by atoms with van der Waals surface area (Å²) in [5, 5.41) is 2.32. The fraction of sp³-hybridized carbons (Fsp3) is 0.500. The molecule has 160 valence electrons. The Morgan fingerprint density at radius 1 is 0.552 bits per heavy atom. The molecule has 0 spiro atoms. The second-order valence-corrected chi connectivity index (χ2v) is 9.89. The molecule has 0 saturated heterocycles. The largest absolute Gasteiger partial charge is 0.407 e. The first-order chi connectivity index (χ1) is 14.1. The van der Waals surface area contributed by atoms with Gasteiger partial charge < -0.3 is 18.7 Å². The first-order valence-electron chi connectivity index (χ1n) is 11.1. The molecule has 0 aromatic heterocycles. The Morgan fingerprint density at radius 2 is 0.862 bits per heavy atom. The van der Waals surface area contributed by atoms with E-state index in [9.17, 15) is 0 Å². The topological polar surface area (TPSA) is 24.9 Å². The molecule has 2 rings (SSSR count). The Morgan fingerprint density at radius 3 is 1.10 bits per heavy atom. The fourth-order valence-electron chi connectivity index (χ4n) is 3.91. The molecule has 29 heavy (non-hydrogen) atoms. The van der Waals surface area contributed by atoms with Crippen LogP contribution in [-0.2, 0) is 8.85 Å². The fourth-order valence-corrected chi connectivity index (χ4v) is 7.02. The van der Waals surface area contributed by atoms with Gasteiger partial charge in [-0.15, -0.1) is 0 Å². The van der Waals surface area contributed by atoms with E-state index in [2.05, 4.69) is 99.9 Å². The lowest BCUT2D eigenvalue weighted by atomic mass is 10.3. The van der Waals surface area contributed by atoms with Gasteiger partial charge in [-0.25, -0.2) is 0 Å². The highest BCUT2D eigenvalue weighted by Gasteiger charge is 2.42. The van der Waals surface area contributed by atoms with Crippen LogP contribution in [0.3, 0.4) is 0 Å². The summed E-state index contributed by atoms with van der Waals surface area (Å²) in [6.45, 7) is 18.1. The summed E-state index contributed by atoms with van der Waals surface area (Å²) in [5.74, 6) is 0. The molecule has 0 heterocycles. The van der Waals surface area contributed by atoms with Crippen LogP contribution in [0.4, 0.5) is 11.4 Å². The monoisotopic (exact) mass is 414 g/mol. The smallest absolute Gasteiger partial charge is 0.388 e. The quantitative estimate of drug-likeness (QED) is 0.490. The van der Waals surface area contributed by atoms with Crippen LogP contribution in [-0.4, -0.2) is 48.0 Å². The third-order valence-electron chi connectivity index (χ3n) is 5.45. The molecule has 0 radical (unpaired) electrons. The Hall–Kier alpha value is -1.82. The van der Waals surface area contributed by atoms with E-state index in [0.29, 0.717) is 13.2 Å². The van der Waals surface area contributed by atoms with Gasteiger partial charge in [0.05, 0.1) is 0 Å². The molecule has 0 atom stereocenters. The average Bonchev–Trinajstić information content (AvgIpc) is 2.76. The molecule has 0 aliphatic heterocycles. The van der Waals surface area contributed by atoms with Crippen molar-refractivity contribution in [1.29, 1.82) is 0 Å². The van der Waals surface area contributed by atoms with Gasteiger partial charge in [-0.3, -0.25) is 0 Å². The van der Waals surface area contributed by atoms with E-state index in [1.54, 1.807) is 0 Å². The molecule has 0 aliphatic carbocycles. The van der Waals surface area contributed by atoms with Crippen molar-refractivity contribution < 1.29 is 8.85 Å². The van der Waals surface area contributed by atoms with E-state index >= 15 is 0 Å². The van der Waals surface area contributed by atoms with Crippen LogP contribution in [0.1, 0.15) is 41.5 Å². The molecule has 2 aromatic carbocycles. The molecule has 2 aromatic rings. The standard InChI is InChI=1S/C24H38N2O2Si/c1-7-25(8-2)21-13-17-23(18-14-21)29(27-11-5,28-12-6)24-19-15-22(16-20-24)26(9-3)10-4/h13-20H,7-12H2,1-6H3. The summed E-state index contributed by atoms with van der Waals surface area (Å²) in [6.07, 6.45) is 0. The van der Waals surface area contributed by atoms with Crippen LogP contribution in [0.2, 0.25) is 0 Å². The van der Waals surface area contributed by atoms with E-state index in [1.165, 1.54) is 11.4 Å². The van der Waals surface area contributed by atoms with Gasteiger partial charge in [0.15, 0.2) is 0 Å². The third kappa shape index (κ3) is 5.21. The molecule has 0 fully saturated rings.